The number of rotatable bonds is 4. The van der Waals surface area contributed by atoms with Crippen LogP contribution in [0.15, 0.2) is 48.5 Å². The number of esters is 1. The zero-order valence-corrected chi connectivity index (χ0v) is 18.5. The van der Waals surface area contributed by atoms with Crippen molar-refractivity contribution in [2.24, 2.45) is 5.92 Å². The van der Waals surface area contributed by atoms with Gasteiger partial charge in [0, 0.05) is 29.1 Å². The third-order valence-corrected chi connectivity index (χ3v) is 6.14. The number of nitrogens with zero attached hydrogens (tertiary/aromatic N) is 2. The van der Waals surface area contributed by atoms with Gasteiger partial charge in [-0.15, -0.1) is 0 Å². The van der Waals surface area contributed by atoms with Gasteiger partial charge in [0.05, 0.1) is 16.8 Å². The lowest BCUT2D eigenvalue weighted by atomic mass is 9.98. The number of pyridine rings is 1. The lowest BCUT2D eigenvalue weighted by molar-refractivity contribution is -0.135. The molecule has 2 aromatic carbocycles. The van der Waals surface area contributed by atoms with Crippen LogP contribution in [0.2, 0.25) is 5.02 Å². The molecule has 1 aliphatic heterocycles. The van der Waals surface area contributed by atoms with Crippen LogP contribution in [0.25, 0.3) is 22.2 Å². The number of aromatic nitrogens is 1. The lowest BCUT2D eigenvalue weighted by Crippen LogP contribution is -2.40. The number of amides is 1. The Morgan fingerprint density at radius 3 is 2.61 bits per heavy atom. The maximum atomic E-state index is 13.1. The van der Waals surface area contributed by atoms with E-state index in [2.05, 4.69) is 6.92 Å². The topological polar surface area (TPSA) is 59.5 Å². The number of halogens is 1. The van der Waals surface area contributed by atoms with E-state index >= 15 is 0 Å². The minimum atomic E-state index is -0.516. The largest absolute Gasteiger partial charge is 0.452 e. The monoisotopic (exact) mass is 436 g/mol. The number of hydrogen-bond acceptors (Lipinski definition) is 4. The van der Waals surface area contributed by atoms with Crippen LogP contribution in [0.1, 0.15) is 35.7 Å². The normalized spacial score (nSPS) is 14.6. The molecule has 3 aromatic rings. The van der Waals surface area contributed by atoms with Gasteiger partial charge in [0.2, 0.25) is 0 Å². The first-order chi connectivity index (χ1) is 14.9. The number of benzene rings is 2. The molecule has 6 heteroatoms. The molecule has 0 N–H and O–H groups in total. The highest BCUT2D eigenvalue weighted by atomic mass is 35.5. The minimum absolute atomic E-state index is 0.147. The second-order valence-electron chi connectivity index (χ2n) is 8.13. The van der Waals surface area contributed by atoms with E-state index in [1.807, 2.05) is 49.4 Å². The van der Waals surface area contributed by atoms with Gasteiger partial charge in [0.25, 0.3) is 5.91 Å². The summed E-state index contributed by atoms with van der Waals surface area (Å²) in [6.07, 6.45) is 1.97. The predicted octanol–water partition coefficient (Wildman–Crippen LogP) is 5.28. The number of likely N-dealkylation sites (tertiary alicyclic amines) is 1. The Balaban J connectivity index is 1.63. The van der Waals surface area contributed by atoms with Gasteiger partial charge in [-0.3, -0.25) is 4.79 Å². The van der Waals surface area contributed by atoms with Gasteiger partial charge in [-0.25, -0.2) is 9.78 Å². The van der Waals surface area contributed by atoms with Crippen molar-refractivity contribution in [2.45, 2.75) is 26.7 Å². The Hall–Kier alpha value is -2.92. The van der Waals surface area contributed by atoms with E-state index < -0.39 is 5.97 Å². The van der Waals surface area contributed by atoms with E-state index in [0.29, 0.717) is 51.8 Å². The Morgan fingerprint density at radius 1 is 1.13 bits per heavy atom. The fraction of sp³-hybridized carbons (Fsp3) is 0.320. The summed E-state index contributed by atoms with van der Waals surface area (Å²) in [6.45, 7) is 5.22. The first-order valence-electron chi connectivity index (χ1n) is 10.5. The van der Waals surface area contributed by atoms with Crippen LogP contribution in [-0.4, -0.2) is 41.5 Å². The first kappa shape index (κ1) is 21.3. The van der Waals surface area contributed by atoms with E-state index in [0.717, 1.165) is 18.4 Å². The van der Waals surface area contributed by atoms with Crippen molar-refractivity contribution in [1.82, 2.24) is 9.88 Å². The van der Waals surface area contributed by atoms with Crippen LogP contribution in [0.3, 0.4) is 0 Å². The molecule has 0 radical (unpaired) electrons. The average Bonchev–Trinajstić information content (AvgIpc) is 2.77. The summed E-state index contributed by atoms with van der Waals surface area (Å²) in [7, 11) is 0. The Bertz CT molecular complexity index is 1140. The summed E-state index contributed by atoms with van der Waals surface area (Å²) in [5.41, 5.74) is 3.31. The quantitative estimate of drug-likeness (QED) is 0.522. The second kappa shape index (κ2) is 9.06. The molecule has 1 fully saturated rings. The molecule has 0 bridgehead atoms. The van der Waals surface area contributed by atoms with Crippen molar-refractivity contribution in [3.8, 4) is 11.3 Å². The maximum Gasteiger partial charge on any atom is 0.339 e. The molecule has 2 heterocycles. The van der Waals surface area contributed by atoms with Crippen molar-refractivity contribution in [3.05, 3.63) is 64.7 Å². The molecule has 4 rings (SSSR count). The molecule has 1 saturated heterocycles. The van der Waals surface area contributed by atoms with Crippen LogP contribution < -0.4 is 0 Å². The molecule has 1 amide bonds. The van der Waals surface area contributed by atoms with Gasteiger partial charge in [-0.2, -0.15) is 0 Å². The smallest absolute Gasteiger partial charge is 0.339 e. The van der Waals surface area contributed by atoms with Crippen molar-refractivity contribution < 1.29 is 14.3 Å². The highest BCUT2D eigenvalue weighted by molar-refractivity contribution is 6.30. The molecule has 1 aliphatic rings. The molecule has 5 nitrogen and oxygen atoms in total. The summed E-state index contributed by atoms with van der Waals surface area (Å²) in [4.78, 5) is 32.2. The summed E-state index contributed by atoms with van der Waals surface area (Å²) >= 11 is 6.17. The van der Waals surface area contributed by atoms with Gasteiger partial charge in [-0.05, 0) is 49.4 Å². The van der Waals surface area contributed by atoms with Crippen LogP contribution in [0, 0.1) is 12.8 Å². The Labute approximate surface area is 187 Å². The molecule has 31 heavy (non-hydrogen) atoms. The number of fused-ring (bicyclic) bond motifs is 1. The third-order valence-electron chi connectivity index (χ3n) is 5.90. The van der Waals surface area contributed by atoms with E-state index in [9.17, 15) is 9.59 Å². The number of ether oxygens (including phenoxy) is 1. The molecule has 0 spiro atoms. The molecule has 0 saturated carbocycles. The zero-order valence-electron chi connectivity index (χ0n) is 17.7. The summed E-state index contributed by atoms with van der Waals surface area (Å²) in [5, 5.41) is 1.30. The number of para-hydroxylation sites is 1. The van der Waals surface area contributed by atoms with Gasteiger partial charge < -0.3 is 9.64 Å². The third kappa shape index (κ3) is 4.57. The SMILES string of the molecule is Cc1c(-c2cccc(Cl)c2)nc2ccccc2c1C(=O)OCC(=O)N1CCC(C)CC1. The zero-order chi connectivity index (χ0) is 22.0. The molecule has 1 aromatic heterocycles. The van der Waals surface area contributed by atoms with E-state index in [1.54, 1.807) is 11.0 Å². The molecule has 0 aliphatic carbocycles. The molecule has 160 valence electrons. The molecule has 0 atom stereocenters. The highest BCUT2D eigenvalue weighted by Gasteiger charge is 2.24. The van der Waals surface area contributed by atoms with Crippen LogP contribution in [0.5, 0.6) is 0 Å². The minimum Gasteiger partial charge on any atom is -0.452 e. The number of piperidine rings is 1. The van der Waals surface area contributed by atoms with Crippen LogP contribution >= 0.6 is 11.6 Å². The average molecular weight is 437 g/mol. The summed E-state index contributed by atoms with van der Waals surface area (Å²) in [6, 6.07) is 14.8. The van der Waals surface area contributed by atoms with Gasteiger partial charge in [-0.1, -0.05) is 48.9 Å². The van der Waals surface area contributed by atoms with E-state index in [-0.39, 0.29) is 12.5 Å². The van der Waals surface area contributed by atoms with Crippen molar-refractivity contribution in [3.63, 3.8) is 0 Å². The number of carbonyl (C=O) groups excluding carboxylic acids is 2. The predicted molar refractivity (Wildman–Crippen MR) is 122 cm³/mol. The second-order valence-corrected chi connectivity index (χ2v) is 8.56. The van der Waals surface area contributed by atoms with E-state index in [1.165, 1.54) is 0 Å². The van der Waals surface area contributed by atoms with Gasteiger partial charge in [0.1, 0.15) is 0 Å². The standard InChI is InChI=1S/C25H25ClN2O3/c1-16-10-12-28(13-11-16)22(29)15-31-25(30)23-17(2)24(18-6-5-7-19(26)14-18)27-21-9-4-3-8-20(21)23/h3-9,14,16H,10-13,15H2,1-2H3. The molecular weight excluding hydrogens is 412 g/mol. The molecular formula is C25H25ClN2O3. The van der Waals surface area contributed by atoms with Crippen molar-refractivity contribution in [2.75, 3.05) is 19.7 Å². The van der Waals surface area contributed by atoms with Crippen molar-refractivity contribution >= 4 is 34.4 Å². The van der Waals surface area contributed by atoms with E-state index in [4.69, 9.17) is 21.3 Å². The fourth-order valence-corrected chi connectivity index (χ4v) is 4.23. The Kier molecular flexibility index (Phi) is 6.23. The van der Waals surface area contributed by atoms with Crippen LogP contribution in [0.4, 0.5) is 0 Å². The van der Waals surface area contributed by atoms with Crippen molar-refractivity contribution in [1.29, 1.82) is 0 Å². The molecule has 0 unspecified atom stereocenters. The highest BCUT2D eigenvalue weighted by Crippen LogP contribution is 2.31. The Morgan fingerprint density at radius 2 is 1.87 bits per heavy atom. The summed E-state index contributed by atoms with van der Waals surface area (Å²) in [5.74, 6) is -0.0354. The lowest BCUT2D eigenvalue weighted by Gasteiger charge is -2.30. The first-order valence-corrected chi connectivity index (χ1v) is 10.9. The maximum absolute atomic E-state index is 13.1. The van der Waals surface area contributed by atoms with Crippen LogP contribution in [-0.2, 0) is 9.53 Å². The van der Waals surface area contributed by atoms with Gasteiger partial charge in [0.15, 0.2) is 6.61 Å². The fourth-order valence-electron chi connectivity index (χ4n) is 4.04. The number of carbonyl (C=O) groups is 2. The number of hydrogen-bond donors (Lipinski definition) is 0. The van der Waals surface area contributed by atoms with Gasteiger partial charge >= 0.3 is 5.97 Å². The summed E-state index contributed by atoms with van der Waals surface area (Å²) < 4.78 is 5.49.